The summed E-state index contributed by atoms with van der Waals surface area (Å²) >= 11 is 3.19. The molecule has 3 nitrogen and oxygen atoms in total. The molecule has 0 heterocycles. The maximum atomic E-state index is 11.0. The van der Waals surface area contributed by atoms with Gasteiger partial charge in [-0.15, -0.1) is 0 Å². The van der Waals surface area contributed by atoms with E-state index in [4.69, 9.17) is 0 Å². The van der Waals surface area contributed by atoms with Crippen molar-refractivity contribution in [2.75, 3.05) is 19.6 Å². The lowest BCUT2D eigenvalue weighted by Gasteiger charge is -2.04. The summed E-state index contributed by atoms with van der Waals surface area (Å²) in [5.41, 5.74) is 0. The van der Waals surface area contributed by atoms with Gasteiger partial charge in [-0.05, 0) is 6.42 Å². The number of carbonyl (C=O) groups excluding carboxylic acids is 1. The third kappa shape index (κ3) is 7.75. The minimum absolute atomic E-state index is 0.0330. The molecule has 0 aliphatic carbocycles. The van der Waals surface area contributed by atoms with E-state index in [1.54, 1.807) is 0 Å². The SMILES string of the molecule is C=C(Br)CNCC(=O)NCCC. The average Bonchev–Trinajstić information content (AvgIpc) is 2.00. The Labute approximate surface area is 81.7 Å². The second-order valence-corrected chi connectivity index (χ2v) is 3.59. The Morgan fingerprint density at radius 3 is 2.67 bits per heavy atom. The molecule has 70 valence electrons. The minimum atomic E-state index is 0.0330. The number of halogens is 1. The number of rotatable bonds is 6. The monoisotopic (exact) mass is 234 g/mol. The fraction of sp³-hybridized carbons (Fsp3) is 0.625. The Morgan fingerprint density at radius 2 is 2.17 bits per heavy atom. The van der Waals surface area contributed by atoms with Gasteiger partial charge in [-0.25, -0.2) is 0 Å². The fourth-order valence-corrected chi connectivity index (χ4v) is 0.837. The van der Waals surface area contributed by atoms with Crippen molar-refractivity contribution in [3.8, 4) is 0 Å². The van der Waals surface area contributed by atoms with Crippen molar-refractivity contribution < 1.29 is 4.79 Å². The van der Waals surface area contributed by atoms with Crippen LogP contribution in [0.25, 0.3) is 0 Å². The van der Waals surface area contributed by atoms with Crippen LogP contribution in [0.2, 0.25) is 0 Å². The third-order valence-electron chi connectivity index (χ3n) is 1.17. The van der Waals surface area contributed by atoms with Gasteiger partial charge in [0.1, 0.15) is 0 Å². The number of hydrogen-bond acceptors (Lipinski definition) is 2. The van der Waals surface area contributed by atoms with Gasteiger partial charge in [-0.2, -0.15) is 0 Å². The maximum Gasteiger partial charge on any atom is 0.233 e. The van der Waals surface area contributed by atoms with E-state index in [0.29, 0.717) is 13.1 Å². The van der Waals surface area contributed by atoms with Crippen LogP contribution < -0.4 is 10.6 Å². The summed E-state index contributed by atoms with van der Waals surface area (Å²) in [6.45, 7) is 7.38. The van der Waals surface area contributed by atoms with Crippen molar-refractivity contribution >= 4 is 21.8 Å². The number of amides is 1. The van der Waals surface area contributed by atoms with Crippen molar-refractivity contribution in [2.24, 2.45) is 0 Å². The molecule has 0 unspecified atom stereocenters. The molecule has 0 saturated carbocycles. The Morgan fingerprint density at radius 1 is 1.50 bits per heavy atom. The fourth-order valence-electron chi connectivity index (χ4n) is 0.639. The summed E-state index contributed by atoms with van der Waals surface area (Å²) < 4.78 is 0.853. The molecule has 0 aromatic carbocycles. The largest absolute Gasteiger partial charge is 0.355 e. The average molecular weight is 235 g/mol. The molecule has 0 aliphatic rings. The molecule has 0 fully saturated rings. The van der Waals surface area contributed by atoms with Crippen LogP contribution >= 0.6 is 15.9 Å². The Bertz CT molecular complexity index is 159. The summed E-state index contributed by atoms with van der Waals surface area (Å²) in [5, 5.41) is 5.69. The smallest absolute Gasteiger partial charge is 0.233 e. The van der Waals surface area contributed by atoms with Gasteiger partial charge < -0.3 is 10.6 Å². The molecular weight excluding hydrogens is 220 g/mol. The zero-order valence-corrected chi connectivity index (χ0v) is 8.91. The third-order valence-corrected chi connectivity index (χ3v) is 1.45. The van der Waals surface area contributed by atoms with Crippen LogP contribution in [0.5, 0.6) is 0 Å². The Kier molecular flexibility index (Phi) is 7.09. The van der Waals surface area contributed by atoms with Gasteiger partial charge >= 0.3 is 0 Å². The quantitative estimate of drug-likeness (QED) is 0.721. The number of hydrogen-bond donors (Lipinski definition) is 2. The van der Waals surface area contributed by atoms with E-state index in [-0.39, 0.29) is 5.91 Å². The van der Waals surface area contributed by atoms with Gasteiger partial charge in [0.15, 0.2) is 0 Å². The van der Waals surface area contributed by atoms with Crippen LogP contribution in [0.15, 0.2) is 11.1 Å². The molecule has 1 amide bonds. The molecule has 0 aromatic heterocycles. The van der Waals surface area contributed by atoms with E-state index in [0.717, 1.165) is 17.4 Å². The van der Waals surface area contributed by atoms with Crippen molar-refractivity contribution in [1.82, 2.24) is 10.6 Å². The first kappa shape index (κ1) is 11.6. The predicted octanol–water partition coefficient (Wildman–Crippen LogP) is 1.01. The zero-order valence-electron chi connectivity index (χ0n) is 7.32. The van der Waals surface area contributed by atoms with Crippen LogP contribution in [0, 0.1) is 0 Å². The van der Waals surface area contributed by atoms with Crippen LogP contribution in [0.4, 0.5) is 0 Å². The molecule has 12 heavy (non-hydrogen) atoms. The topological polar surface area (TPSA) is 41.1 Å². The molecule has 4 heteroatoms. The molecule has 2 N–H and O–H groups in total. The van der Waals surface area contributed by atoms with Crippen molar-refractivity contribution in [2.45, 2.75) is 13.3 Å². The molecule has 0 rings (SSSR count). The summed E-state index contributed by atoms with van der Waals surface area (Å²) in [4.78, 5) is 11.0. The van der Waals surface area contributed by atoms with Gasteiger partial charge in [0.2, 0.25) is 5.91 Å². The molecule has 0 aromatic rings. The molecule has 0 atom stereocenters. The highest BCUT2D eigenvalue weighted by atomic mass is 79.9. The lowest BCUT2D eigenvalue weighted by atomic mass is 10.4. The minimum Gasteiger partial charge on any atom is -0.355 e. The van der Waals surface area contributed by atoms with Crippen molar-refractivity contribution in [3.63, 3.8) is 0 Å². The molecule has 0 spiro atoms. The van der Waals surface area contributed by atoms with Gasteiger partial charge in [-0.3, -0.25) is 4.79 Å². The first-order chi connectivity index (χ1) is 5.66. The highest BCUT2D eigenvalue weighted by Crippen LogP contribution is 1.95. The number of nitrogens with one attached hydrogen (secondary N) is 2. The van der Waals surface area contributed by atoms with E-state index in [9.17, 15) is 4.79 Å². The van der Waals surface area contributed by atoms with Gasteiger partial charge in [0, 0.05) is 17.6 Å². The summed E-state index contributed by atoms with van der Waals surface area (Å²) in [5.74, 6) is 0.0330. The standard InChI is InChI=1S/C8H15BrN2O/c1-3-4-11-8(12)6-10-5-7(2)9/h10H,2-6H2,1H3,(H,11,12). The molecule has 0 bridgehead atoms. The number of carbonyl (C=O) groups is 1. The van der Waals surface area contributed by atoms with E-state index in [1.807, 2.05) is 6.92 Å². The van der Waals surface area contributed by atoms with Gasteiger partial charge in [0.05, 0.1) is 6.54 Å². The lowest BCUT2D eigenvalue weighted by molar-refractivity contribution is -0.120. The first-order valence-electron chi connectivity index (χ1n) is 3.97. The van der Waals surface area contributed by atoms with Gasteiger partial charge in [-0.1, -0.05) is 29.4 Å². The summed E-state index contributed by atoms with van der Waals surface area (Å²) in [6, 6.07) is 0. The van der Waals surface area contributed by atoms with E-state index >= 15 is 0 Å². The molecule has 0 radical (unpaired) electrons. The molecule has 0 saturated heterocycles. The van der Waals surface area contributed by atoms with Crippen molar-refractivity contribution in [1.29, 1.82) is 0 Å². The Hall–Kier alpha value is -0.350. The van der Waals surface area contributed by atoms with Crippen LogP contribution in [0.1, 0.15) is 13.3 Å². The predicted molar refractivity (Wildman–Crippen MR) is 54.2 cm³/mol. The first-order valence-corrected chi connectivity index (χ1v) is 4.76. The van der Waals surface area contributed by atoms with Crippen LogP contribution in [0.3, 0.4) is 0 Å². The lowest BCUT2D eigenvalue weighted by Crippen LogP contribution is -2.34. The second kappa shape index (κ2) is 7.31. The summed E-state index contributed by atoms with van der Waals surface area (Å²) in [6.07, 6.45) is 0.969. The Balaban J connectivity index is 3.25. The summed E-state index contributed by atoms with van der Waals surface area (Å²) in [7, 11) is 0. The van der Waals surface area contributed by atoms with E-state index in [1.165, 1.54) is 0 Å². The van der Waals surface area contributed by atoms with E-state index in [2.05, 4.69) is 33.1 Å². The maximum absolute atomic E-state index is 11.0. The van der Waals surface area contributed by atoms with E-state index < -0.39 is 0 Å². The van der Waals surface area contributed by atoms with Crippen LogP contribution in [-0.2, 0) is 4.79 Å². The molecular formula is C8H15BrN2O. The van der Waals surface area contributed by atoms with Crippen LogP contribution in [-0.4, -0.2) is 25.5 Å². The van der Waals surface area contributed by atoms with Crippen molar-refractivity contribution in [3.05, 3.63) is 11.1 Å². The zero-order chi connectivity index (χ0) is 9.40. The van der Waals surface area contributed by atoms with Gasteiger partial charge in [0.25, 0.3) is 0 Å². The molecule has 0 aliphatic heterocycles. The normalized spacial score (nSPS) is 9.50. The second-order valence-electron chi connectivity index (χ2n) is 2.47. The highest BCUT2D eigenvalue weighted by Gasteiger charge is 1.97. The highest BCUT2D eigenvalue weighted by molar-refractivity contribution is 9.11.